The van der Waals surface area contributed by atoms with Gasteiger partial charge >= 0.3 is 0 Å². The Kier molecular flexibility index (Phi) is 5.62. The SMILES string of the molecule is CCC(CC)C(C)NC(=O)c1ccc(NC)cn1. The summed E-state index contributed by atoms with van der Waals surface area (Å²) < 4.78 is 0. The molecule has 4 heteroatoms. The zero-order valence-electron chi connectivity index (χ0n) is 11.7. The van der Waals surface area contributed by atoms with Gasteiger partial charge in [0.2, 0.25) is 0 Å². The van der Waals surface area contributed by atoms with Gasteiger partial charge in [0.25, 0.3) is 5.91 Å². The maximum atomic E-state index is 12.0. The maximum absolute atomic E-state index is 12.0. The molecule has 100 valence electrons. The summed E-state index contributed by atoms with van der Waals surface area (Å²) in [5.41, 5.74) is 1.37. The number of nitrogens with zero attached hydrogens (tertiary/aromatic N) is 1. The first-order chi connectivity index (χ1) is 8.62. The number of pyridine rings is 1. The number of carbonyl (C=O) groups is 1. The highest BCUT2D eigenvalue weighted by Crippen LogP contribution is 2.13. The molecule has 0 aliphatic carbocycles. The Bertz CT molecular complexity index is 371. The fraction of sp³-hybridized carbons (Fsp3) is 0.571. The van der Waals surface area contributed by atoms with Crippen LogP contribution in [-0.4, -0.2) is 24.0 Å². The third-order valence-electron chi connectivity index (χ3n) is 3.40. The second-order valence-electron chi connectivity index (χ2n) is 4.52. The third kappa shape index (κ3) is 3.72. The van der Waals surface area contributed by atoms with Gasteiger partial charge in [-0.1, -0.05) is 26.7 Å². The minimum Gasteiger partial charge on any atom is -0.387 e. The Hall–Kier alpha value is -1.58. The molecular formula is C14H23N3O. The van der Waals surface area contributed by atoms with E-state index in [-0.39, 0.29) is 11.9 Å². The van der Waals surface area contributed by atoms with Gasteiger partial charge in [-0.15, -0.1) is 0 Å². The van der Waals surface area contributed by atoms with E-state index in [9.17, 15) is 4.79 Å². The van der Waals surface area contributed by atoms with Gasteiger partial charge in [-0.05, 0) is 25.0 Å². The van der Waals surface area contributed by atoms with Gasteiger partial charge in [-0.3, -0.25) is 4.79 Å². The lowest BCUT2D eigenvalue weighted by molar-refractivity contribution is 0.0920. The molecule has 0 spiro atoms. The van der Waals surface area contributed by atoms with Gasteiger partial charge in [0.1, 0.15) is 5.69 Å². The predicted octanol–water partition coefficient (Wildman–Crippen LogP) is 2.68. The zero-order valence-corrected chi connectivity index (χ0v) is 11.7. The smallest absolute Gasteiger partial charge is 0.270 e. The molecule has 1 rings (SSSR count). The van der Waals surface area contributed by atoms with Crippen LogP contribution in [0.2, 0.25) is 0 Å². The molecule has 0 bridgehead atoms. The molecule has 0 fully saturated rings. The average molecular weight is 249 g/mol. The summed E-state index contributed by atoms with van der Waals surface area (Å²) in [6.45, 7) is 6.35. The Morgan fingerprint density at radius 1 is 1.33 bits per heavy atom. The van der Waals surface area contributed by atoms with Crippen LogP contribution in [0.5, 0.6) is 0 Å². The number of hydrogen-bond acceptors (Lipinski definition) is 3. The Labute approximate surface area is 109 Å². The fourth-order valence-corrected chi connectivity index (χ4v) is 2.07. The summed E-state index contributed by atoms with van der Waals surface area (Å²) >= 11 is 0. The lowest BCUT2D eigenvalue weighted by atomic mass is 9.95. The van der Waals surface area contributed by atoms with Gasteiger partial charge in [-0.2, -0.15) is 0 Å². The zero-order chi connectivity index (χ0) is 13.5. The standard InChI is InChI=1S/C14H23N3O/c1-5-11(6-2)10(3)17-14(18)13-8-7-12(15-4)9-16-13/h7-11,15H,5-6H2,1-4H3,(H,17,18). The van der Waals surface area contributed by atoms with Crippen molar-refractivity contribution in [3.8, 4) is 0 Å². The van der Waals surface area contributed by atoms with Gasteiger partial charge in [0.15, 0.2) is 0 Å². The van der Waals surface area contributed by atoms with Crippen LogP contribution in [0.25, 0.3) is 0 Å². The second-order valence-corrected chi connectivity index (χ2v) is 4.52. The lowest BCUT2D eigenvalue weighted by Crippen LogP contribution is -2.38. The molecule has 2 N–H and O–H groups in total. The van der Waals surface area contributed by atoms with E-state index in [2.05, 4.69) is 36.4 Å². The van der Waals surface area contributed by atoms with Crippen LogP contribution in [0.4, 0.5) is 5.69 Å². The molecule has 1 heterocycles. The summed E-state index contributed by atoms with van der Waals surface area (Å²) in [6.07, 6.45) is 3.81. The molecular weight excluding hydrogens is 226 g/mol. The van der Waals surface area contributed by atoms with E-state index < -0.39 is 0 Å². The van der Waals surface area contributed by atoms with E-state index in [0.717, 1.165) is 18.5 Å². The Morgan fingerprint density at radius 3 is 2.44 bits per heavy atom. The van der Waals surface area contributed by atoms with Crippen molar-refractivity contribution in [1.29, 1.82) is 0 Å². The minimum atomic E-state index is -0.1000. The largest absolute Gasteiger partial charge is 0.387 e. The first-order valence-electron chi connectivity index (χ1n) is 6.57. The fourth-order valence-electron chi connectivity index (χ4n) is 2.07. The highest BCUT2D eigenvalue weighted by atomic mass is 16.1. The summed E-state index contributed by atoms with van der Waals surface area (Å²) in [5, 5.41) is 5.99. The Morgan fingerprint density at radius 2 is 2.00 bits per heavy atom. The van der Waals surface area contributed by atoms with Gasteiger partial charge in [-0.25, -0.2) is 4.98 Å². The number of anilines is 1. The first kappa shape index (κ1) is 14.5. The second kappa shape index (κ2) is 6.99. The van der Waals surface area contributed by atoms with Crippen LogP contribution in [0.1, 0.15) is 44.1 Å². The molecule has 0 saturated carbocycles. The molecule has 0 aliphatic rings. The highest BCUT2D eigenvalue weighted by molar-refractivity contribution is 5.92. The molecule has 1 atom stereocenters. The lowest BCUT2D eigenvalue weighted by Gasteiger charge is -2.22. The minimum absolute atomic E-state index is 0.1000. The maximum Gasteiger partial charge on any atom is 0.270 e. The number of amides is 1. The van der Waals surface area contributed by atoms with Gasteiger partial charge in [0, 0.05) is 13.1 Å². The van der Waals surface area contributed by atoms with Crippen molar-refractivity contribution in [2.75, 3.05) is 12.4 Å². The van der Waals surface area contributed by atoms with Gasteiger partial charge in [0.05, 0.1) is 11.9 Å². The molecule has 18 heavy (non-hydrogen) atoms. The molecule has 1 aromatic heterocycles. The quantitative estimate of drug-likeness (QED) is 0.815. The first-order valence-corrected chi connectivity index (χ1v) is 6.57. The van der Waals surface area contributed by atoms with E-state index in [4.69, 9.17) is 0 Å². The molecule has 0 aliphatic heterocycles. The van der Waals surface area contributed by atoms with E-state index in [1.165, 1.54) is 0 Å². The van der Waals surface area contributed by atoms with Crippen LogP contribution < -0.4 is 10.6 Å². The molecule has 1 aromatic rings. The van der Waals surface area contributed by atoms with Crippen LogP contribution in [-0.2, 0) is 0 Å². The third-order valence-corrected chi connectivity index (χ3v) is 3.40. The Balaban J connectivity index is 2.64. The van der Waals surface area contributed by atoms with E-state index >= 15 is 0 Å². The van der Waals surface area contributed by atoms with Crippen LogP contribution in [0.3, 0.4) is 0 Å². The molecule has 0 radical (unpaired) electrons. The van der Waals surface area contributed by atoms with Crippen molar-refractivity contribution in [3.05, 3.63) is 24.0 Å². The number of hydrogen-bond donors (Lipinski definition) is 2. The number of aromatic nitrogens is 1. The normalized spacial score (nSPS) is 12.3. The van der Waals surface area contributed by atoms with E-state index in [1.54, 1.807) is 12.3 Å². The summed E-state index contributed by atoms with van der Waals surface area (Å²) in [6, 6.07) is 3.77. The number of carbonyl (C=O) groups excluding carboxylic acids is 1. The van der Waals surface area contributed by atoms with Crippen LogP contribution in [0, 0.1) is 5.92 Å². The van der Waals surface area contributed by atoms with Crippen LogP contribution >= 0.6 is 0 Å². The molecule has 1 amide bonds. The van der Waals surface area contributed by atoms with Crippen molar-refractivity contribution in [2.24, 2.45) is 5.92 Å². The topological polar surface area (TPSA) is 54.0 Å². The molecule has 0 aromatic carbocycles. The summed E-state index contributed by atoms with van der Waals surface area (Å²) in [5.74, 6) is 0.419. The van der Waals surface area contributed by atoms with Crippen molar-refractivity contribution < 1.29 is 4.79 Å². The number of nitrogens with one attached hydrogen (secondary N) is 2. The van der Waals surface area contributed by atoms with Crippen molar-refractivity contribution in [2.45, 2.75) is 39.7 Å². The molecule has 4 nitrogen and oxygen atoms in total. The van der Waals surface area contributed by atoms with Gasteiger partial charge < -0.3 is 10.6 Å². The number of rotatable bonds is 6. The summed E-state index contributed by atoms with van der Waals surface area (Å²) in [4.78, 5) is 16.1. The molecule has 1 unspecified atom stereocenters. The monoisotopic (exact) mass is 249 g/mol. The highest BCUT2D eigenvalue weighted by Gasteiger charge is 2.17. The molecule has 0 saturated heterocycles. The summed E-state index contributed by atoms with van der Waals surface area (Å²) in [7, 11) is 1.83. The van der Waals surface area contributed by atoms with E-state index in [1.807, 2.05) is 13.1 Å². The van der Waals surface area contributed by atoms with Crippen molar-refractivity contribution in [3.63, 3.8) is 0 Å². The average Bonchev–Trinajstić information content (AvgIpc) is 2.40. The van der Waals surface area contributed by atoms with Crippen molar-refractivity contribution >= 4 is 11.6 Å². The predicted molar refractivity (Wildman–Crippen MR) is 74.8 cm³/mol. The van der Waals surface area contributed by atoms with E-state index in [0.29, 0.717) is 11.6 Å². The van der Waals surface area contributed by atoms with Crippen molar-refractivity contribution in [1.82, 2.24) is 10.3 Å². The van der Waals surface area contributed by atoms with Crippen LogP contribution in [0.15, 0.2) is 18.3 Å².